The zero-order valence-corrected chi connectivity index (χ0v) is 21.0. The minimum Gasteiger partial charge on any atom is -0.371 e. The van der Waals surface area contributed by atoms with Gasteiger partial charge in [0.1, 0.15) is 0 Å². The fourth-order valence-corrected chi connectivity index (χ4v) is 5.59. The molecule has 0 spiro atoms. The molecule has 3 aromatic carbocycles. The van der Waals surface area contributed by atoms with Crippen molar-refractivity contribution in [3.05, 3.63) is 101 Å². The maximum absolute atomic E-state index is 13.6. The average molecular weight is 482 g/mol. The van der Waals surface area contributed by atoms with E-state index in [9.17, 15) is 9.59 Å². The van der Waals surface area contributed by atoms with Crippen LogP contribution in [-0.4, -0.2) is 42.4 Å². The van der Waals surface area contributed by atoms with E-state index in [0.29, 0.717) is 6.54 Å². The molecular formula is C31H35N3O2. The lowest BCUT2D eigenvalue weighted by Crippen LogP contribution is -2.46. The van der Waals surface area contributed by atoms with Crippen molar-refractivity contribution < 1.29 is 9.59 Å². The number of piperidine rings is 1. The van der Waals surface area contributed by atoms with Crippen LogP contribution < -0.4 is 10.2 Å². The van der Waals surface area contributed by atoms with Crippen molar-refractivity contribution in [2.75, 3.05) is 24.5 Å². The number of hydrogen-bond donors (Lipinski definition) is 1. The third-order valence-corrected chi connectivity index (χ3v) is 7.66. The molecule has 5 heteroatoms. The highest BCUT2D eigenvalue weighted by Gasteiger charge is 2.28. The molecule has 2 heterocycles. The number of benzene rings is 3. The first-order valence-electron chi connectivity index (χ1n) is 13.2. The van der Waals surface area contributed by atoms with Crippen LogP contribution in [0.15, 0.2) is 78.9 Å². The minimum atomic E-state index is -0.114. The number of rotatable bonds is 6. The van der Waals surface area contributed by atoms with Crippen LogP contribution in [0.4, 0.5) is 5.69 Å². The van der Waals surface area contributed by atoms with Gasteiger partial charge in [-0.3, -0.25) is 9.59 Å². The predicted molar refractivity (Wildman–Crippen MR) is 144 cm³/mol. The van der Waals surface area contributed by atoms with Gasteiger partial charge >= 0.3 is 0 Å². The zero-order valence-electron chi connectivity index (χ0n) is 21.0. The molecule has 1 fully saturated rings. The summed E-state index contributed by atoms with van der Waals surface area (Å²) in [6.07, 6.45) is 3.43. The number of nitrogens with zero attached hydrogens (tertiary/aromatic N) is 2. The molecule has 0 unspecified atom stereocenters. The molecule has 1 atom stereocenters. The number of amides is 2. The normalized spacial score (nSPS) is 16.8. The average Bonchev–Trinajstić information content (AvgIpc) is 2.94. The third-order valence-electron chi connectivity index (χ3n) is 7.66. The van der Waals surface area contributed by atoms with Gasteiger partial charge in [0.05, 0.1) is 11.5 Å². The van der Waals surface area contributed by atoms with Gasteiger partial charge in [-0.15, -0.1) is 0 Å². The molecule has 3 aromatic rings. The Morgan fingerprint density at radius 2 is 1.53 bits per heavy atom. The second-order valence-corrected chi connectivity index (χ2v) is 9.90. The van der Waals surface area contributed by atoms with Gasteiger partial charge in [-0.05, 0) is 54.5 Å². The summed E-state index contributed by atoms with van der Waals surface area (Å²) < 4.78 is 0. The number of hydrogen-bond acceptors (Lipinski definition) is 3. The number of carbonyl (C=O) groups is 2. The lowest BCUT2D eigenvalue weighted by atomic mass is 9.94. The van der Waals surface area contributed by atoms with Gasteiger partial charge in [0, 0.05) is 37.9 Å². The standard InChI is InChI=1S/C31H35N3O2/c1-2-27(24-11-4-3-5-12-24)30(35)32-26-17-20-33(21-18-26)29-15-9-8-14-28(29)31(36)34-19-16-23-10-6-7-13-25(23)22-34/h3-15,26-27H,2,16-22H2,1H3,(H,32,35)/t27-/m1/s1. The highest BCUT2D eigenvalue weighted by atomic mass is 16.2. The van der Waals surface area contributed by atoms with Crippen LogP contribution in [0.25, 0.3) is 0 Å². The van der Waals surface area contributed by atoms with Crippen molar-refractivity contribution in [1.82, 2.24) is 10.2 Å². The summed E-state index contributed by atoms with van der Waals surface area (Å²) in [5.74, 6) is 0.101. The van der Waals surface area contributed by atoms with Crippen LogP contribution in [0.1, 0.15) is 59.2 Å². The lowest BCUT2D eigenvalue weighted by molar-refractivity contribution is -0.123. The predicted octanol–water partition coefficient (Wildman–Crippen LogP) is 5.16. The molecule has 2 amide bonds. The highest BCUT2D eigenvalue weighted by Crippen LogP contribution is 2.28. The summed E-state index contributed by atoms with van der Waals surface area (Å²) in [6.45, 7) is 5.12. The summed E-state index contributed by atoms with van der Waals surface area (Å²) in [7, 11) is 0. The van der Waals surface area contributed by atoms with Gasteiger partial charge < -0.3 is 15.1 Å². The van der Waals surface area contributed by atoms with Crippen molar-refractivity contribution in [1.29, 1.82) is 0 Å². The van der Waals surface area contributed by atoms with E-state index >= 15 is 0 Å². The van der Waals surface area contributed by atoms with Crippen LogP contribution in [0, 0.1) is 0 Å². The Morgan fingerprint density at radius 1 is 0.861 bits per heavy atom. The third kappa shape index (κ3) is 5.15. The van der Waals surface area contributed by atoms with Crippen molar-refractivity contribution in [2.24, 2.45) is 0 Å². The van der Waals surface area contributed by atoms with Crippen LogP contribution in [0.3, 0.4) is 0 Å². The minimum absolute atomic E-state index is 0.101. The van der Waals surface area contributed by atoms with Gasteiger partial charge in [0.2, 0.25) is 5.91 Å². The number of fused-ring (bicyclic) bond motifs is 1. The van der Waals surface area contributed by atoms with Gasteiger partial charge in [0.25, 0.3) is 5.91 Å². The molecule has 0 radical (unpaired) electrons. The summed E-state index contributed by atoms with van der Waals surface area (Å²) in [5, 5.41) is 3.30. The van der Waals surface area contributed by atoms with E-state index in [0.717, 1.165) is 62.1 Å². The summed E-state index contributed by atoms with van der Waals surface area (Å²) in [4.78, 5) is 30.9. The van der Waals surface area contributed by atoms with Gasteiger partial charge in [0.15, 0.2) is 0 Å². The quantitative estimate of drug-likeness (QED) is 0.529. The molecule has 5 rings (SSSR count). The molecule has 0 aliphatic carbocycles. The molecule has 1 saturated heterocycles. The van der Waals surface area contributed by atoms with Crippen LogP contribution in [-0.2, 0) is 17.8 Å². The van der Waals surface area contributed by atoms with Crippen molar-refractivity contribution >= 4 is 17.5 Å². The first kappa shape index (κ1) is 24.1. The summed E-state index contributed by atoms with van der Waals surface area (Å²) in [5.41, 5.74) is 5.43. The molecule has 0 bridgehead atoms. The van der Waals surface area contributed by atoms with Gasteiger partial charge in [-0.2, -0.15) is 0 Å². The molecule has 0 saturated carbocycles. The fourth-order valence-electron chi connectivity index (χ4n) is 5.59. The largest absolute Gasteiger partial charge is 0.371 e. The van der Waals surface area contributed by atoms with E-state index in [1.807, 2.05) is 59.5 Å². The fraction of sp³-hybridized carbons (Fsp3) is 0.355. The van der Waals surface area contributed by atoms with Crippen LogP contribution in [0.5, 0.6) is 0 Å². The summed E-state index contributed by atoms with van der Waals surface area (Å²) in [6, 6.07) is 26.6. The second-order valence-electron chi connectivity index (χ2n) is 9.90. The number of nitrogens with one attached hydrogen (secondary N) is 1. The Kier molecular flexibility index (Phi) is 7.36. The van der Waals surface area contributed by atoms with E-state index in [-0.39, 0.29) is 23.8 Å². The Bertz CT molecular complexity index is 1200. The number of carbonyl (C=O) groups excluding carboxylic acids is 2. The van der Waals surface area contributed by atoms with Crippen LogP contribution in [0.2, 0.25) is 0 Å². The molecule has 186 valence electrons. The zero-order chi connectivity index (χ0) is 24.9. The monoisotopic (exact) mass is 481 g/mol. The molecule has 1 N–H and O–H groups in total. The molecule has 36 heavy (non-hydrogen) atoms. The lowest BCUT2D eigenvalue weighted by Gasteiger charge is -2.36. The van der Waals surface area contributed by atoms with E-state index in [2.05, 4.69) is 41.4 Å². The molecule has 2 aliphatic heterocycles. The van der Waals surface area contributed by atoms with Crippen molar-refractivity contribution in [3.8, 4) is 0 Å². The molecular weight excluding hydrogens is 446 g/mol. The first-order valence-corrected chi connectivity index (χ1v) is 13.2. The summed E-state index contributed by atoms with van der Waals surface area (Å²) >= 11 is 0. The topological polar surface area (TPSA) is 52.7 Å². The number of para-hydroxylation sites is 1. The van der Waals surface area contributed by atoms with Gasteiger partial charge in [-0.25, -0.2) is 0 Å². The Balaban J connectivity index is 1.22. The molecule has 0 aromatic heterocycles. The van der Waals surface area contributed by atoms with E-state index in [1.165, 1.54) is 11.1 Å². The first-order chi connectivity index (χ1) is 17.6. The second kappa shape index (κ2) is 11.0. The van der Waals surface area contributed by atoms with Crippen molar-refractivity contribution in [2.45, 2.75) is 51.1 Å². The number of anilines is 1. The Morgan fingerprint density at radius 3 is 2.28 bits per heavy atom. The smallest absolute Gasteiger partial charge is 0.256 e. The maximum Gasteiger partial charge on any atom is 0.256 e. The van der Waals surface area contributed by atoms with E-state index < -0.39 is 0 Å². The van der Waals surface area contributed by atoms with E-state index in [1.54, 1.807) is 0 Å². The van der Waals surface area contributed by atoms with Gasteiger partial charge in [-0.1, -0.05) is 73.7 Å². The highest BCUT2D eigenvalue weighted by molar-refractivity contribution is 6.00. The Hall–Kier alpha value is -3.60. The van der Waals surface area contributed by atoms with E-state index in [4.69, 9.17) is 0 Å². The maximum atomic E-state index is 13.6. The SMILES string of the molecule is CC[C@@H](C(=O)NC1CCN(c2ccccc2C(=O)N2CCc3ccccc3C2)CC1)c1ccccc1. The van der Waals surface area contributed by atoms with Crippen LogP contribution >= 0.6 is 0 Å². The molecule has 2 aliphatic rings. The Labute approximate surface area is 214 Å². The molecule has 5 nitrogen and oxygen atoms in total. The van der Waals surface area contributed by atoms with Crippen molar-refractivity contribution in [3.63, 3.8) is 0 Å².